The smallest absolute Gasteiger partial charge is 0.281 e. The number of carbonyl (C=O) groups is 1. The lowest BCUT2D eigenvalue weighted by Crippen LogP contribution is -2.41. The normalized spacial score (nSPS) is 16.6. The van der Waals surface area contributed by atoms with Gasteiger partial charge in [0, 0.05) is 36.0 Å². The van der Waals surface area contributed by atoms with Gasteiger partial charge in [0.05, 0.1) is 17.9 Å². The summed E-state index contributed by atoms with van der Waals surface area (Å²) in [7, 11) is -4.27. The van der Waals surface area contributed by atoms with Crippen molar-refractivity contribution in [2.75, 3.05) is 37.0 Å². The lowest BCUT2D eigenvalue weighted by Gasteiger charge is -2.34. The third-order valence-corrected chi connectivity index (χ3v) is 7.84. The molecule has 3 N–H and O–H groups in total. The van der Waals surface area contributed by atoms with Crippen LogP contribution in [0.1, 0.15) is 50.2 Å². The molecule has 0 bridgehead atoms. The van der Waals surface area contributed by atoms with Crippen molar-refractivity contribution in [1.82, 2.24) is 19.7 Å². The van der Waals surface area contributed by atoms with Gasteiger partial charge in [-0.15, -0.1) is 0 Å². The van der Waals surface area contributed by atoms with Crippen LogP contribution in [0.4, 0.5) is 11.6 Å². The minimum atomic E-state index is -4.27. The van der Waals surface area contributed by atoms with Gasteiger partial charge in [-0.1, -0.05) is 13.0 Å². The predicted molar refractivity (Wildman–Crippen MR) is 153 cm³/mol. The van der Waals surface area contributed by atoms with Gasteiger partial charge in [-0.3, -0.25) is 4.79 Å². The topological polar surface area (TPSA) is 150 Å². The van der Waals surface area contributed by atoms with E-state index >= 15 is 0 Å². The maximum absolute atomic E-state index is 13.5. The highest BCUT2D eigenvalue weighted by Crippen LogP contribution is 2.38. The van der Waals surface area contributed by atoms with E-state index in [0.29, 0.717) is 49.7 Å². The van der Waals surface area contributed by atoms with Crippen molar-refractivity contribution in [1.29, 1.82) is 0 Å². The van der Waals surface area contributed by atoms with E-state index in [-0.39, 0.29) is 21.9 Å². The average molecular weight is 569 g/mol. The monoisotopic (exact) mass is 568 g/mol. The van der Waals surface area contributed by atoms with Crippen LogP contribution in [-0.2, 0) is 14.8 Å². The van der Waals surface area contributed by atoms with Crippen LogP contribution >= 0.6 is 0 Å². The summed E-state index contributed by atoms with van der Waals surface area (Å²) in [6, 6.07) is 11.2. The van der Waals surface area contributed by atoms with Gasteiger partial charge in [-0.25, -0.2) is 19.7 Å². The maximum atomic E-state index is 13.5. The maximum Gasteiger partial charge on any atom is 0.281 e. The zero-order valence-corrected chi connectivity index (χ0v) is 24.3. The number of nitrogens with two attached hydrogens (primary N) is 1. The number of pyridine rings is 3. The minimum absolute atomic E-state index is 0.0312. The number of carbonyl (C=O) groups excluding carboxylic acids is 1. The zero-order chi connectivity index (χ0) is 29.1. The number of aromatic nitrogens is 3. The van der Waals surface area contributed by atoms with Crippen molar-refractivity contribution < 1.29 is 22.7 Å². The summed E-state index contributed by atoms with van der Waals surface area (Å²) in [5.74, 6) is 0.414. The first-order valence-corrected chi connectivity index (χ1v) is 14.7. The number of hydrogen-bond donors (Lipinski definition) is 2. The van der Waals surface area contributed by atoms with Gasteiger partial charge in [0.1, 0.15) is 18.2 Å². The molecule has 1 fully saturated rings. The second-order valence-electron chi connectivity index (χ2n) is 10.5. The molecule has 0 radical (unpaired) electrons. The lowest BCUT2D eigenvalue weighted by atomic mass is 9.97. The van der Waals surface area contributed by atoms with Crippen molar-refractivity contribution >= 4 is 27.6 Å². The number of sulfonamides is 1. The standard InChI is InChI=1S/C28H36N6O5S/c1-6-38-12-13-39-24-15-20(14-19(3)30-24)22-11-10-21(26(31-22)34-17-18(2)16-28(34,4)5)27(35)33-40(36,37)25-9-7-8-23(29)32-25/h7-11,14-15,18H,6,12-13,16-17H2,1-5H3,(H2,29,32)(H,33,35)/t18-/m0/s1. The zero-order valence-electron chi connectivity index (χ0n) is 23.5. The largest absolute Gasteiger partial charge is 0.475 e. The molecule has 4 rings (SSSR count). The van der Waals surface area contributed by atoms with Crippen molar-refractivity contribution in [3.8, 4) is 17.1 Å². The molecule has 1 aliphatic heterocycles. The predicted octanol–water partition coefficient (Wildman–Crippen LogP) is 3.59. The average Bonchev–Trinajstić information content (AvgIpc) is 3.17. The number of ether oxygens (including phenoxy) is 2. The Morgan fingerprint density at radius 3 is 2.60 bits per heavy atom. The molecule has 4 heterocycles. The van der Waals surface area contributed by atoms with Crippen molar-refractivity contribution in [2.45, 2.75) is 51.6 Å². The van der Waals surface area contributed by atoms with Crippen molar-refractivity contribution in [3.63, 3.8) is 0 Å². The first kappa shape index (κ1) is 29.2. The molecule has 3 aromatic rings. The number of anilines is 2. The fourth-order valence-electron chi connectivity index (χ4n) is 4.97. The summed E-state index contributed by atoms with van der Waals surface area (Å²) in [6.45, 7) is 12.2. The van der Waals surface area contributed by atoms with E-state index < -0.39 is 15.9 Å². The molecule has 11 nitrogen and oxygen atoms in total. The van der Waals surface area contributed by atoms with E-state index in [2.05, 4.69) is 40.4 Å². The Bertz CT molecular complexity index is 1490. The molecule has 1 saturated heterocycles. The van der Waals surface area contributed by atoms with Gasteiger partial charge < -0.3 is 20.1 Å². The number of nitrogens with one attached hydrogen (secondary N) is 1. The van der Waals surface area contributed by atoms with E-state index in [1.165, 1.54) is 18.2 Å². The second-order valence-corrected chi connectivity index (χ2v) is 12.1. The van der Waals surface area contributed by atoms with Crippen LogP contribution in [0.15, 0.2) is 47.5 Å². The van der Waals surface area contributed by atoms with Gasteiger partial charge in [0.15, 0.2) is 5.03 Å². The highest BCUT2D eigenvalue weighted by Gasteiger charge is 2.39. The SMILES string of the molecule is CCOCCOc1cc(-c2ccc(C(=O)NS(=O)(=O)c3cccc(N)n3)c(N3C[C@@H](C)CC3(C)C)n2)cc(C)n1. The number of hydrogen-bond acceptors (Lipinski definition) is 10. The first-order chi connectivity index (χ1) is 18.9. The van der Waals surface area contributed by atoms with Gasteiger partial charge in [-0.2, -0.15) is 8.42 Å². The molecule has 0 spiro atoms. The molecule has 0 aliphatic carbocycles. The second kappa shape index (κ2) is 11.8. The third kappa shape index (κ3) is 6.68. The van der Waals surface area contributed by atoms with Gasteiger partial charge in [0.25, 0.3) is 15.9 Å². The number of amides is 1. The Hall–Kier alpha value is -3.77. The van der Waals surface area contributed by atoms with Crippen molar-refractivity contribution in [2.24, 2.45) is 5.92 Å². The first-order valence-electron chi connectivity index (χ1n) is 13.2. The Kier molecular flexibility index (Phi) is 8.59. The van der Waals surface area contributed by atoms with Crippen LogP contribution in [0.2, 0.25) is 0 Å². The number of rotatable bonds is 10. The molecular weight excluding hydrogens is 532 g/mol. The van der Waals surface area contributed by atoms with Crippen LogP contribution in [0.5, 0.6) is 5.88 Å². The highest BCUT2D eigenvalue weighted by atomic mass is 32.2. The van der Waals surface area contributed by atoms with Gasteiger partial charge in [-0.05, 0) is 70.4 Å². The third-order valence-electron chi connectivity index (χ3n) is 6.60. The molecule has 1 atom stereocenters. The van der Waals surface area contributed by atoms with Crippen LogP contribution in [0.3, 0.4) is 0 Å². The highest BCUT2D eigenvalue weighted by molar-refractivity contribution is 7.90. The van der Waals surface area contributed by atoms with E-state index in [1.807, 2.05) is 19.9 Å². The summed E-state index contributed by atoms with van der Waals surface area (Å²) < 4.78 is 39.2. The summed E-state index contributed by atoms with van der Waals surface area (Å²) in [5, 5.41) is -0.341. The molecule has 214 valence electrons. The lowest BCUT2D eigenvalue weighted by molar-refractivity contribution is 0.0981. The molecule has 1 amide bonds. The summed E-state index contributed by atoms with van der Waals surface area (Å²) >= 11 is 0. The van der Waals surface area contributed by atoms with Gasteiger partial charge in [0.2, 0.25) is 5.88 Å². The quantitative estimate of drug-likeness (QED) is 0.347. The fraction of sp³-hybridized carbons (Fsp3) is 0.429. The van der Waals surface area contributed by atoms with Gasteiger partial charge >= 0.3 is 0 Å². The Morgan fingerprint density at radius 1 is 1.15 bits per heavy atom. The summed E-state index contributed by atoms with van der Waals surface area (Å²) in [4.78, 5) is 28.7. The number of nitrogen functional groups attached to an aromatic ring is 1. The molecule has 0 aromatic carbocycles. The molecule has 0 saturated carbocycles. The number of nitrogens with zero attached hydrogens (tertiary/aromatic N) is 4. The van der Waals surface area contributed by atoms with Crippen LogP contribution in [0, 0.1) is 12.8 Å². The minimum Gasteiger partial charge on any atom is -0.475 e. The molecule has 1 aliphatic rings. The van der Waals surface area contributed by atoms with E-state index in [4.69, 9.17) is 20.2 Å². The fourth-order valence-corrected chi connectivity index (χ4v) is 5.91. The van der Waals surface area contributed by atoms with E-state index in [1.54, 1.807) is 18.2 Å². The Labute approximate surface area is 235 Å². The molecule has 0 unspecified atom stereocenters. The molecular formula is C28H36N6O5S. The summed E-state index contributed by atoms with van der Waals surface area (Å²) in [5.41, 5.74) is 7.58. The molecule has 3 aromatic heterocycles. The van der Waals surface area contributed by atoms with Crippen LogP contribution in [-0.4, -0.2) is 61.2 Å². The molecule has 12 heteroatoms. The van der Waals surface area contributed by atoms with E-state index in [9.17, 15) is 13.2 Å². The van der Waals surface area contributed by atoms with Crippen LogP contribution in [0.25, 0.3) is 11.3 Å². The van der Waals surface area contributed by atoms with Crippen molar-refractivity contribution in [3.05, 3.63) is 53.7 Å². The van der Waals surface area contributed by atoms with Crippen LogP contribution < -0.4 is 20.1 Å². The van der Waals surface area contributed by atoms with E-state index in [0.717, 1.165) is 17.7 Å². The summed E-state index contributed by atoms with van der Waals surface area (Å²) in [6.07, 6.45) is 0.887. The Balaban J connectivity index is 1.73. The number of aryl methyl sites for hydroxylation is 1. The Morgan fingerprint density at radius 2 is 1.93 bits per heavy atom. The molecule has 40 heavy (non-hydrogen) atoms.